The van der Waals surface area contributed by atoms with E-state index in [9.17, 15) is 0 Å². The van der Waals surface area contributed by atoms with E-state index < -0.39 is 8.07 Å². The molecule has 2 heterocycles. The molecule has 0 aliphatic carbocycles. The molecule has 2 aromatic carbocycles. The van der Waals surface area contributed by atoms with Crippen molar-refractivity contribution in [1.29, 1.82) is 0 Å². The summed E-state index contributed by atoms with van der Waals surface area (Å²) in [5.74, 6) is 1.65. The van der Waals surface area contributed by atoms with Crippen LogP contribution in [0, 0.1) is 0 Å². The predicted molar refractivity (Wildman–Crippen MR) is 116 cm³/mol. The molecule has 0 amide bonds. The monoisotopic (exact) mass is 394 g/mol. The molecule has 0 saturated heterocycles. The summed E-state index contributed by atoms with van der Waals surface area (Å²) in [6.07, 6.45) is 1.89. The fraction of sp³-hybridized carbons (Fsp3) is 0.318. The van der Waals surface area contributed by atoms with Crippen molar-refractivity contribution < 1.29 is 13.9 Å². The highest BCUT2D eigenvalue weighted by Crippen LogP contribution is 2.34. The predicted octanol–water partition coefficient (Wildman–Crippen LogP) is 5.77. The average molecular weight is 395 g/mol. The Morgan fingerprint density at radius 3 is 2.75 bits per heavy atom. The first-order valence-electron chi connectivity index (χ1n) is 9.55. The van der Waals surface area contributed by atoms with E-state index in [1.807, 2.05) is 35.1 Å². The molecule has 2 aromatic heterocycles. The molecule has 0 aliphatic rings. The van der Waals surface area contributed by atoms with Crippen molar-refractivity contribution in [2.24, 2.45) is 0 Å². The van der Waals surface area contributed by atoms with Crippen molar-refractivity contribution in [2.75, 3.05) is 13.7 Å². The van der Waals surface area contributed by atoms with Gasteiger partial charge in [-0.1, -0.05) is 31.8 Å². The largest absolute Gasteiger partial charge is 0.497 e. The van der Waals surface area contributed by atoms with Crippen molar-refractivity contribution in [3.63, 3.8) is 0 Å². The standard InChI is InChI=1S/C22H26N2O3Si/c1-25-17-8-9-21-16(12-17)13-22(27-21)18-6-5-7-20-19(18)14-23-24(20)15-26-10-11-28(2,3)4/h5-9,12-14H,10-11,15H2,1-4H3. The van der Waals surface area contributed by atoms with Gasteiger partial charge in [-0.25, -0.2) is 4.68 Å². The molecule has 146 valence electrons. The van der Waals surface area contributed by atoms with E-state index in [1.54, 1.807) is 7.11 Å². The summed E-state index contributed by atoms with van der Waals surface area (Å²) in [6, 6.07) is 15.2. The number of nitrogens with zero attached hydrogens (tertiary/aromatic N) is 2. The van der Waals surface area contributed by atoms with Gasteiger partial charge in [0.2, 0.25) is 0 Å². The van der Waals surface area contributed by atoms with Crippen LogP contribution in [-0.2, 0) is 11.5 Å². The number of hydrogen-bond donors (Lipinski definition) is 0. The van der Waals surface area contributed by atoms with Crippen molar-refractivity contribution in [1.82, 2.24) is 9.78 Å². The molecular weight excluding hydrogens is 368 g/mol. The highest BCUT2D eigenvalue weighted by Gasteiger charge is 2.14. The van der Waals surface area contributed by atoms with Gasteiger partial charge in [-0.15, -0.1) is 0 Å². The maximum Gasteiger partial charge on any atom is 0.139 e. The van der Waals surface area contributed by atoms with Gasteiger partial charge in [-0.05, 0) is 36.4 Å². The molecule has 0 spiro atoms. The lowest BCUT2D eigenvalue weighted by atomic mass is 10.1. The molecule has 5 nitrogen and oxygen atoms in total. The Morgan fingerprint density at radius 2 is 1.96 bits per heavy atom. The van der Waals surface area contributed by atoms with Crippen molar-refractivity contribution in [3.8, 4) is 17.1 Å². The Hall–Kier alpha value is -2.57. The zero-order valence-corrected chi connectivity index (χ0v) is 17.9. The van der Waals surface area contributed by atoms with Gasteiger partial charge >= 0.3 is 0 Å². The number of rotatable bonds is 7. The van der Waals surface area contributed by atoms with E-state index in [0.29, 0.717) is 6.73 Å². The van der Waals surface area contributed by atoms with Crippen LogP contribution in [-0.4, -0.2) is 31.6 Å². The van der Waals surface area contributed by atoms with Gasteiger partial charge in [-0.3, -0.25) is 0 Å². The third kappa shape index (κ3) is 3.84. The number of hydrogen-bond acceptors (Lipinski definition) is 4. The second-order valence-corrected chi connectivity index (χ2v) is 13.9. The van der Waals surface area contributed by atoms with Gasteiger partial charge in [0.25, 0.3) is 0 Å². The van der Waals surface area contributed by atoms with Crippen LogP contribution in [0.15, 0.2) is 53.1 Å². The molecule has 4 aromatic rings. The van der Waals surface area contributed by atoms with E-state index in [2.05, 4.69) is 42.9 Å². The summed E-state index contributed by atoms with van der Waals surface area (Å²) < 4.78 is 19.2. The molecule has 0 unspecified atom stereocenters. The summed E-state index contributed by atoms with van der Waals surface area (Å²) in [6.45, 7) is 8.32. The van der Waals surface area contributed by atoms with Gasteiger partial charge in [0.1, 0.15) is 23.8 Å². The molecule has 6 heteroatoms. The summed E-state index contributed by atoms with van der Waals surface area (Å²) >= 11 is 0. The van der Waals surface area contributed by atoms with Crippen LogP contribution in [0.3, 0.4) is 0 Å². The first-order chi connectivity index (χ1) is 13.4. The van der Waals surface area contributed by atoms with Crippen LogP contribution in [0.1, 0.15) is 0 Å². The minimum atomic E-state index is -1.09. The van der Waals surface area contributed by atoms with E-state index in [4.69, 9.17) is 13.9 Å². The van der Waals surface area contributed by atoms with E-state index in [0.717, 1.165) is 51.6 Å². The molecule has 0 aliphatic heterocycles. The van der Waals surface area contributed by atoms with E-state index >= 15 is 0 Å². The quantitative estimate of drug-likeness (QED) is 0.295. The van der Waals surface area contributed by atoms with Crippen LogP contribution in [0.5, 0.6) is 5.75 Å². The molecule has 0 fully saturated rings. The fourth-order valence-electron chi connectivity index (χ4n) is 3.23. The number of methoxy groups -OCH3 is 1. The molecule has 0 N–H and O–H groups in total. The van der Waals surface area contributed by atoms with Crippen molar-refractivity contribution in [2.45, 2.75) is 32.4 Å². The van der Waals surface area contributed by atoms with Crippen LogP contribution in [0.25, 0.3) is 33.2 Å². The van der Waals surface area contributed by atoms with Gasteiger partial charge in [-0.2, -0.15) is 5.10 Å². The van der Waals surface area contributed by atoms with Gasteiger partial charge in [0.05, 0.1) is 18.8 Å². The zero-order chi connectivity index (χ0) is 19.7. The maximum atomic E-state index is 6.09. The Kier molecular flexibility index (Phi) is 4.99. The highest BCUT2D eigenvalue weighted by atomic mass is 28.3. The second kappa shape index (κ2) is 7.45. The smallest absolute Gasteiger partial charge is 0.139 e. The normalized spacial score (nSPS) is 12.1. The average Bonchev–Trinajstić information content (AvgIpc) is 3.27. The van der Waals surface area contributed by atoms with E-state index in [1.165, 1.54) is 0 Å². The lowest BCUT2D eigenvalue weighted by Crippen LogP contribution is -2.22. The molecule has 0 bridgehead atoms. The van der Waals surface area contributed by atoms with Crippen molar-refractivity contribution in [3.05, 3.63) is 48.7 Å². The molecule has 4 rings (SSSR count). The van der Waals surface area contributed by atoms with Crippen molar-refractivity contribution >= 4 is 29.9 Å². The first-order valence-corrected chi connectivity index (χ1v) is 13.3. The maximum absolute atomic E-state index is 6.09. The minimum Gasteiger partial charge on any atom is -0.497 e. The lowest BCUT2D eigenvalue weighted by Gasteiger charge is -2.15. The van der Waals surface area contributed by atoms with Crippen LogP contribution < -0.4 is 4.74 Å². The number of aromatic nitrogens is 2. The summed E-state index contributed by atoms with van der Waals surface area (Å²) in [4.78, 5) is 0. The number of furan rings is 1. The van der Waals surface area contributed by atoms with Gasteiger partial charge in [0, 0.05) is 31.0 Å². The zero-order valence-electron chi connectivity index (χ0n) is 16.9. The molecule has 0 atom stereocenters. The summed E-state index contributed by atoms with van der Waals surface area (Å²) in [5.41, 5.74) is 2.92. The topological polar surface area (TPSA) is 49.4 Å². The lowest BCUT2D eigenvalue weighted by molar-refractivity contribution is 0.0817. The highest BCUT2D eigenvalue weighted by molar-refractivity contribution is 6.76. The van der Waals surface area contributed by atoms with Gasteiger partial charge < -0.3 is 13.9 Å². The second-order valence-electron chi connectivity index (χ2n) is 8.24. The Bertz CT molecular complexity index is 1110. The van der Waals surface area contributed by atoms with Crippen LogP contribution in [0.2, 0.25) is 25.7 Å². The Balaban J connectivity index is 1.61. The Morgan fingerprint density at radius 1 is 1.11 bits per heavy atom. The SMILES string of the molecule is COc1ccc2oc(-c3cccc4c3cnn4COCC[Si](C)(C)C)cc2c1. The number of benzene rings is 2. The molecule has 0 radical (unpaired) electrons. The summed E-state index contributed by atoms with van der Waals surface area (Å²) in [5, 5.41) is 6.62. The number of fused-ring (bicyclic) bond motifs is 2. The Labute approximate surface area is 165 Å². The van der Waals surface area contributed by atoms with Gasteiger partial charge in [0.15, 0.2) is 0 Å². The molecule has 28 heavy (non-hydrogen) atoms. The number of ether oxygens (including phenoxy) is 2. The van der Waals surface area contributed by atoms with Crippen LogP contribution >= 0.6 is 0 Å². The molecular formula is C22H26N2O3Si. The summed E-state index contributed by atoms with van der Waals surface area (Å²) in [7, 11) is 0.584. The first kappa shape index (κ1) is 18.8. The fourth-order valence-corrected chi connectivity index (χ4v) is 3.99. The van der Waals surface area contributed by atoms with Crippen LogP contribution in [0.4, 0.5) is 0 Å². The minimum absolute atomic E-state index is 0.467. The van der Waals surface area contributed by atoms with E-state index in [-0.39, 0.29) is 0 Å². The third-order valence-corrected chi connectivity index (χ3v) is 6.59. The molecule has 0 saturated carbocycles. The third-order valence-electron chi connectivity index (χ3n) is 4.89.